The lowest BCUT2D eigenvalue weighted by Gasteiger charge is -2.34. The molecule has 1 saturated carbocycles. The first-order valence-corrected chi connectivity index (χ1v) is 6.60. The van der Waals surface area contributed by atoms with E-state index in [2.05, 4.69) is 6.92 Å². The average Bonchev–Trinajstić information content (AvgIpc) is 2.35. The molecule has 1 aromatic rings. The molecule has 0 spiro atoms. The van der Waals surface area contributed by atoms with E-state index in [1.807, 2.05) is 0 Å². The zero-order valence-electron chi connectivity index (χ0n) is 10.7. The van der Waals surface area contributed by atoms with Gasteiger partial charge in [0.2, 0.25) is 0 Å². The van der Waals surface area contributed by atoms with E-state index in [0.29, 0.717) is 18.8 Å². The Kier molecular flexibility index (Phi) is 4.00. The largest absolute Gasteiger partial charge is 0.393 e. The van der Waals surface area contributed by atoms with Crippen molar-refractivity contribution in [2.45, 2.75) is 44.6 Å². The van der Waals surface area contributed by atoms with Gasteiger partial charge in [0, 0.05) is 12.0 Å². The topological polar surface area (TPSA) is 20.2 Å². The summed E-state index contributed by atoms with van der Waals surface area (Å²) in [6, 6.07) is 7.90. The predicted molar refractivity (Wildman–Crippen MR) is 67.5 cm³/mol. The molecule has 1 nitrogen and oxygen atoms in total. The molecule has 3 atom stereocenters. The van der Waals surface area contributed by atoms with Crippen molar-refractivity contribution in [2.75, 3.05) is 0 Å². The molecule has 1 aliphatic carbocycles. The van der Waals surface area contributed by atoms with E-state index in [0.717, 1.165) is 6.42 Å². The van der Waals surface area contributed by atoms with Gasteiger partial charge in [-0.3, -0.25) is 0 Å². The first kappa shape index (κ1) is 13.5. The van der Waals surface area contributed by atoms with Gasteiger partial charge in [-0.15, -0.1) is 0 Å². The van der Waals surface area contributed by atoms with Crippen LogP contribution in [0.5, 0.6) is 0 Å². The van der Waals surface area contributed by atoms with E-state index in [1.165, 1.54) is 12.1 Å². The number of benzene rings is 1. The average molecular weight is 254 g/mol. The molecule has 1 fully saturated rings. The molecule has 1 aromatic carbocycles. The molecule has 0 amide bonds. The third-order valence-corrected chi connectivity index (χ3v) is 3.92. The summed E-state index contributed by atoms with van der Waals surface area (Å²) < 4.78 is 28.3. The van der Waals surface area contributed by atoms with Crippen LogP contribution < -0.4 is 0 Å². The van der Waals surface area contributed by atoms with Crippen molar-refractivity contribution in [2.24, 2.45) is 11.8 Å². The maximum atomic E-state index is 14.1. The van der Waals surface area contributed by atoms with Crippen LogP contribution in [0.2, 0.25) is 0 Å². The molecule has 0 aromatic heterocycles. The lowest BCUT2D eigenvalue weighted by Crippen LogP contribution is -2.32. The molecule has 0 saturated heterocycles. The fourth-order valence-electron chi connectivity index (χ4n) is 2.83. The number of aliphatic hydroxyl groups excluding tert-OH is 1. The normalized spacial score (nSPS) is 29.2. The second-order valence-corrected chi connectivity index (χ2v) is 5.52. The highest BCUT2D eigenvalue weighted by Gasteiger charge is 2.38. The summed E-state index contributed by atoms with van der Waals surface area (Å²) in [5.41, 5.74) is 0.0513. The van der Waals surface area contributed by atoms with Crippen molar-refractivity contribution in [1.82, 2.24) is 0 Å². The second-order valence-electron chi connectivity index (χ2n) is 5.52. The lowest BCUT2D eigenvalue weighted by atomic mass is 9.77. The minimum Gasteiger partial charge on any atom is -0.393 e. The van der Waals surface area contributed by atoms with Gasteiger partial charge >= 0.3 is 0 Å². The zero-order valence-corrected chi connectivity index (χ0v) is 10.7. The van der Waals surface area contributed by atoms with Gasteiger partial charge in [-0.05, 0) is 31.1 Å². The Morgan fingerprint density at radius 2 is 1.89 bits per heavy atom. The van der Waals surface area contributed by atoms with Crippen molar-refractivity contribution in [3.63, 3.8) is 0 Å². The highest BCUT2D eigenvalue weighted by atomic mass is 19.3. The third kappa shape index (κ3) is 3.08. The van der Waals surface area contributed by atoms with Crippen molar-refractivity contribution >= 4 is 0 Å². The van der Waals surface area contributed by atoms with E-state index in [9.17, 15) is 13.9 Å². The van der Waals surface area contributed by atoms with Crippen LogP contribution in [0.25, 0.3) is 0 Å². The van der Waals surface area contributed by atoms with E-state index in [1.54, 1.807) is 18.2 Å². The van der Waals surface area contributed by atoms with Gasteiger partial charge in [0.1, 0.15) is 0 Å². The summed E-state index contributed by atoms with van der Waals surface area (Å²) in [5.74, 6) is -2.70. The molecule has 0 aliphatic heterocycles. The molecule has 100 valence electrons. The van der Waals surface area contributed by atoms with Gasteiger partial charge in [-0.2, -0.15) is 0 Å². The molecule has 3 heteroatoms. The van der Waals surface area contributed by atoms with Gasteiger partial charge in [-0.25, -0.2) is 8.78 Å². The van der Waals surface area contributed by atoms with Gasteiger partial charge in [-0.1, -0.05) is 37.3 Å². The summed E-state index contributed by atoms with van der Waals surface area (Å²) in [6.45, 7) is 2.07. The number of halogens is 2. The zero-order chi connectivity index (χ0) is 13.2. The number of alkyl halides is 2. The number of aliphatic hydroxyl groups is 1. The van der Waals surface area contributed by atoms with Gasteiger partial charge in [0.05, 0.1) is 6.10 Å². The van der Waals surface area contributed by atoms with Gasteiger partial charge in [0.25, 0.3) is 5.92 Å². The van der Waals surface area contributed by atoms with Crippen LogP contribution in [0.3, 0.4) is 0 Å². The van der Waals surface area contributed by atoms with Crippen molar-refractivity contribution in [3.05, 3.63) is 35.9 Å². The molecule has 0 radical (unpaired) electrons. The SMILES string of the molecule is CC1CCC(O)C(CC(F)(F)c2ccccc2)C1. The van der Waals surface area contributed by atoms with Crippen molar-refractivity contribution in [3.8, 4) is 0 Å². The summed E-state index contributed by atoms with van der Waals surface area (Å²) in [4.78, 5) is 0. The van der Waals surface area contributed by atoms with Crippen LogP contribution in [0, 0.1) is 11.8 Å². The Morgan fingerprint density at radius 3 is 2.56 bits per heavy atom. The molecule has 2 rings (SSSR count). The second kappa shape index (κ2) is 5.35. The van der Waals surface area contributed by atoms with E-state index >= 15 is 0 Å². The van der Waals surface area contributed by atoms with E-state index < -0.39 is 12.0 Å². The highest BCUT2D eigenvalue weighted by Crippen LogP contribution is 2.40. The van der Waals surface area contributed by atoms with Crippen LogP contribution in [0.15, 0.2) is 30.3 Å². The van der Waals surface area contributed by atoms with Gasteiger partial charge in [0.15, 0.2) is 0 Å². The number of rotatable bonds is 3. The van der Waals surface area contributed by atoms with Crippen LogP contribution >= 0.6 is 0 Å². The van der Waals surface area contributed by atoms with Crippen LogP contribution in [-0.2, 0) is 5.92 Å². The van der Waals surface area contributed by atoms with Crippen LogP contribution in [-0.4, -0.2) is 11.2 Å². The summed E-state index contributed by atoms with van der Waals surface area (Å²) in [5, 5.41) is 9.86. The molecule has 3 unspecified atom stereocenters. The Labute approximate surface area is 107 Å². The molecule has 1 aliphatic rings. The maximum absolute atomic E-state index is 14.1. The Morgan fingerprint density at radius 1 is 1.22 bits per heavy atom. The van der Waals surface area contributed by atoms with E-state index in [-0.39, 0.29) is 17.9 Å². The van der Waals surface area contributed by atoms with Crippen molar-refractivity contribution in [1.29, 1.82) is 0 Å². The first-order valence-electron chi connectivity index (χ1n) is 6.60. The minimum atomic E-state index is -2.84. The minimum absolute atomic E-state index is 0.0513. The third-order valence-electron chi connectivity index (χ3n) is 3.92. The van der Waals surface area contributed by atoms with Gasteiger partial charge < -0.3 is 5.11 Å². The summed E-state index contributed by atoms with van der Waals surface area (Å²) >= 11 is 0. The predicted octanol–water partition coefficient (Wildman–Crippen LogP) is 3.97. The monoisotopic (exact) mass is 254 g/mol. The summed E-state index contributed by atoms with van der Waals surface area (Å²) in [6.07, 6.45) is 1.47. The quantitative estimate of drug-likeness (QED) is 0.865. The van der Waals surface area contributed by atoms with Crippen LogP contribution in [0.1, 0.15) is 38.2 Å². The Hall–Kier alpha value is -0.960. The molecular weight excluding hydrogens is 234 g/mol. The molecule has 0 bridgehead atoms. The fraction of sp³-hybridized carbons (Fsp3) is 0.600. The molecule has 18 heavy (non-hydrogen) atoms. The molecular formula is C15H20F2O. The summed E-state index contributed by atoms with van der Waals surface area (Å²) in [7, 11) is 0. The molecule has 1 N–H and O–H groups in total. The lowest BCUT2D eigenvalue weighted by molar-refractivity contribution is -0.0637. The number of hydrogen-bond acceptors (Lipinski definition) is 1. The highest BCUT2D eigenvalue weighted by molar-refractivity contribution is 5.20. The smallest absolute Gasteiger partial charge is 0.273 e. The number of hydrogen-bond donors (Lipinski definition) is 1. The Balaban J connectivity index is 2.07. The molecule has 0 heterocycles. The standard InChI is InChI=1S/C15H20F2O/c1-11-7-8-14(18)12(9-11)10-15(16,17)13-5-3-2-4-6-13/h2-6,11-12,14,18H,7-10H2,1H3. The van der Waals surface area contributed by atoms with E-state index in [4.69, 9.17) is 0 Å². The first-order chi connectivity index (χ1) is 8.49. The van der Waals surface area contributed by atoms with Crippen LogP contribution in [0.4, 0.5) is 8.78 Å². The Bertz CT molecular complexity index is 377. The fourth-order valence-corrected chi connectivity index (χ4v) is 2.83. The maximum Gasteiger partial charge on any atom is 0.273 e. The van der Waals surface area contributed by atoms with Crippen molar-refractivity contribution < 1.29 is 13.9 Å².